The monoisotopic (exact) mass is 256 g/mol. The van der Waals surface area contributed by atoms with Crippen LogP contribution in [0.25, 0.3) is 6.08 Å². The van der Waals surface area contributed by atoms with Crippen LogP contribution in [0, 0.1) is 12.1 Å². The summed E-state index contributed by atoms with van der Waals surface area (Å²) < 4.78 is 0.594. The summed E-state index contributed by atoms with van der Waals surface area (Å²) in [6, 6.07) is 1.45. The van der Waals surface area contributed by atoms with Gasteiger partial charge in [-0.2, -0.15) is 4.74 Å². The molecule has 1 aliphatic carbocycles. The molecule has 19 heavy (non-hydrogen) atoms. The van der Waals surface area contributed by atoms with Gasteiger partial charge in [0.25, 0.3) is 11.5 Å². The third-order valence-corrected chi connectivity index (χ3v) is 3.38. The van der Waals surface area contributed by atoms with Crippen LogP contribution in [0.4, 0.5) is 0 Å². The fraction of sp³-hybridized carbons (Fsp3) is 0.214. The fourth-order valence-electron chi connectivity index (χ4n) is 2.56. The highest BCUT2D eigenvalue weighted by molar-refractivity contribution is 6.52. The van der Waals surface area contributed by atoms with E-state index < -0.39 is 5.78 Å². The number of hydroxylamine groups is 1. The van der Waals surface area contributed by atoms with Gasteiger partial charge in [0.2, 0.25) is 5.56 Å². The molecule has 0 unspecified atom stereocenters. The average Bonchev–Trinajstić information content (AvgIpc) is 2.30. The summed E-state index contributed by atoms with van der Waals surface area (Å²) in [4.78, 5) is 26.3. The largest absolute Gasteiger partial charge is 0.618 e. The second-order valence-corrected chi connectivity index (χ2v) is 4.93. The fourth-order valence-corrected chi connectivity index (χ4v) is 2.56. The van der Waals surface area contributed by atoms with Gasteiger partial charge in [-0.1, -0.05) is 0 Å². The van der Waals surface area contributed by atoms with Crippen molar-refractivity contribution in [3.63, 3.8) is 0 Å². The molecule has 0 radical (unpaired) electrons. The average molecular weight is 256 g/mol. The molecule has 0 saturated carbocycles. The molecule has 2 heterocycles. The number of allylic oxidation sites excluding steroid dienone is 2. The zero-order chi connectivity index (χ0) is 13.7. The lowest BCUT2D eigenvalue weighted by molar-refractivity contribution is -0.379. The number of carbonyl (C=O) groups excluding carboxylic acids is 1. The van der Waals surface area contributed by atoms with Gasteiger partial charge in [0, 0.05) is 23.6 Å². The van der Waals surface area contributed by atoms with Crippen LogP contribution in [0.3, 0.4) is 0 Å². The van der Waals surface area contributed by atoms with E-state index in [9.17, 15) is 14.8 Å². The van der Waals surface area contributed by atoms with Crippen molar-refractivity contribution in [1.29, 1.82) is 0 Å². The first kappa shape index (κ1) is 11.6. The Hall–Kier alpha value is -2.43. The van der Waals surface area contributed by atoms with Gasteiger partial charge in [0.1, 0.15) is 5.69 Å². The van der Waals surface area contributed by atoms with Crippen molar-refractivity contribution >= 4 is 17.6 Å². The Kier molecular flexibility index (Phi) is 2.32. The van der Waals surface area contributed by atoms with Crippen LogP contribution in [0.5, 0.6) is 0 Å². The number of pyridine rings is 1. The molecule has 1 aliphatic heterocycles. The number of Topliss-reactive ketones (excluding diaryl/α,β-unsaturated/α-hetero) is 1. The molecule has 1 aromatic heterocycles. The molecule has 0 bridgehead atoms. The van der Waals surface area contributed by atoms with Crippen LogP contribution in [0.2, 0.25) is 0 Å². The van der Waals surface area contributed by atoms with E-state index in [0.717, 1.165) is 11.1 Å². The molecule has 1 aromatic rings. The summed E-state index contributed by atoms with van der Waals surface area (Å²) in [6.07, 6.45) is 3.81. The third kappa shape index (κ3) is 1.66. The van der Waals surface area contributed by atoms with Crippen LogP contribution in [-0.2, 0) is 0 Å². The van der Waals surface area contributed by atoms with Crippen molar-refractivity contribution in [3.8, 4) is 0 Å². The van der Waals surface area contributed by atoms with Gasteiger partial charge in [-0.05, 0) is 31.1 Å². The Balaban J connectivity index is 2.34. The molecule has 0 amide bonds. The molecule has 2 aliphatic rings. The number of ketones is 1. The molecule has 96 valence electrons. The van der Waals surface area contributed by atoms with Gasteiger partial charge in [0.15, 0.2) is 6.20 Å². The lowest BCUT2D eigenvalue weighted by Crippen LogP contribution is -2.33. The van der Waals surface area contributed by atoms with E-state index >= 15 is 0 Å². The van der Waals surface area contributed by atoms with Gasteiger partial charge >= 0.3 is 0 Å². The number of hydrogen-bond donors (Lipinski definition) is 1. The number of nitrogens with zero attached hydrogens (tertiary/aromatic N) is 1. The van der Waals surface area contributed by atoms with Crippen molar-refractivity contribution < 1.29 is 9.53 Å². The van der Waals surface area contributed by atoms with Crippen LogP contribution < -0.4 is 5.56 Å². The lowest BCUT2D eigenvalue weighted by Gasteiger charge is -2.20. The summed E-state index contributed by atoms with van der Waals surface area (Å²) in [5.74, 6) is -0.410. The van der Waals surface area contributed by atoms with Crippen LogP contribution >= 0.6 is 0 Å². The van der Waals surface area contributed by atoms with Crippen LogP contribution in [0.15, 0.2) is 28.2 Å². The van der Waals surface area contributed by atoms with Gasteiger partial charge in [0.05, 0.1) is 0 Å². The Morgan fingerprint density at radius 3 is 2.79 bits per heavy atom. The van der Waals surface area contributed by atoms with Gasteiger partial charge < -0.3 is 10.2 Å². The number of H-pyrrole nitrogens is 1. The van der Waals surface area contributed by atoms with Crippen molar-refractivity contribution in [2.45, 2.75) is 20.3 Å². The van der Waals surface area contributed by atoms with E-state index in [0.29, 0.717) is 22.3 Å². The van der Waals surface area contributed by atoms with E-state index in [1.54, 1.807) is 6.92 Å². The van der Waals surface area contributed by atoms with Crippen molar-refractivity contribution in [2.75, 3.05) is 0 Å². The molecule has 5 nitrogen and oxygen atoms in total. The van der Waals surface area contributed by atoms with Crippen molar-refractivity contribution in [1.82, 2.24) is 4.98 Å². The summed E-state index contributed by atoms with van der Waals surface area (Å²) in [5, 5.41) is 11.9. The number of aromatic amines is 1. The van der Waals surface area contributed by atoms with Crippen LogP contribution in [-0.4, -0.2) is 21.2 Å². The standard InChI is InChI=1S/C14H12N2O3/c1-7-3-9-5-10-8(2)4-11(17)15-12(10)14(18)13(9)16(19)6-7/h4-6H,3H2,1-2H3,(H,15,17). The highest BCUT2D eigenvalue weighted by Gasteiger charge is 2.35. The van der Waals surface area contributed by atoms with E-state index in [2.05, 4.69) is 4.98 Å². The lowest BCUT2D eigenvalue weighted by atomic mass is 9.86. The minimum atomic E-state index is -0.410. The number of hydrogen-bond acceptors (Lipinski definition) is 3. The second kappa shape index (κ2) is 3.78. The number of aryl methyl sites for hydroxylation is 1. The van der Waals surface area contributed by atoms with Gasteiger partial charge in [-0.3, -0.25) is 9.59 Å². The Labute approximate surface area is 109 Å². The van der Waals surface area contributed by atoms with E-state index in [1.165, 1.54) is 12.3 Å². The molecule has 0 spiro atoms. The predicted molar refractivity (Wildman–Crippen MR) is 71.1 cm³/mol. The summed E-state index contributed by atoms with van der Waals surface area (Å²) in [5.41, 5.74) is 3.04. The maximum atomic E-state index is 12.4. The first-order chi connectivity index (χ1) is 8.97. The van der Waals surface area contributed by atoms with E-state index in [4.69, 9.17) is 0 Å². The molecule has 1 N–H and O–H groups in total. The zero-order valence-corrected chi connectivity index (χ0v) is 10.6. The first-order valence-corrected chi connectivity index (χ1v) is 5.97. The number of rotatable bonds is 0. The molecular formula is C14H12N2O3. The highest BCUT2D eigenvalue weighted by Crippen LogP contribution is 2.28. The Morgan fingerprint density at radius 1 is 1.32 bits per heavy atom. The van der Waals surface area contributed by atoms with Crippen molar-refractivity contribution in [2.24, 2.45) is 0 Å². The van der Waals surface area contributed by atoms with Crippen LogP contribution in [0.1, 0.15) is 35.0 Å². The number of aromatic nitrogens is 1. The Bertz CT molecular complexity index is 763. The minimum absolute atomic E-state index is 0.111. The topological polar surface area (TPSA) is 76.0 Å². The summed E-state index contributed by atoms with van der Waals surface area (Å²) in [6.45, 7) is 3.63. The first-order valence-electron chi connectivity index (χ1n) is 5.97. The molecule has 0 aromatic carbocycles. The third-order valence-electron chi connectivity index (χ3n) is 3.38. The van der Waals surface area contributed by atoms with E-state index in [-0.39, 0.29) is 17.0 Å². The molecule has 5 heteroatoms. The molecule has 0 saturated heterocycles. The maximum Gasteiger partial charge on any atom is 0.275 e. The Morgan fingerprint density at radius 2 is 2.05 bits per heavy atom. The highest BCUT2D eigenvalue weighted by atomic mass is 16.5. The normalized spacial score (nSPS) is 17.7. The van der Waals surface area contributed by atoms with Gasteiger partial charge in [-0.15, -0.1) is 0 Å². The molecule has 0 atom stereocenters. The van der Waals surface area contributed by atoms with E-state index in [1.807, 2.05) is 13.0 Å². The smallest absolute Gasteiger partial charge is 0.275 e. The molecule has 3 rings (SSSR count). The number of fused-ring (bicyclic) bond motifs is 2. The number of nitrogens with one attached hydrogen (secondary N) is 1. The quantitative estimate of drug-likeness (QED) is 0.564. The molecule has 0 fully saturated rings. The minimum Gasteiger partial charge on any atom is -0.618 e. The number of carbonyl (C=O) groups is 1. The predicted octanol–water partition coefficient (Wildman–Crippen LogP) is 1.52. The summed E-state index contributed by atoms with van der Waals surface area (Å²) >= 11 is 0. The molecular weight excluding hydrogens is 244 g/mol. The summed E-state index contributed by atoms with van der Waals surface area (Å²) in [7, 11) is 0. The second-order valence-electron chi connectivity index (χ2n) is 4.93. The maximum absolute atomic E-state index is 12.4. The van der Waals surface area contributed by atoms with Crippen molar-refractivity contribution in [3.05, 3.63) is 55.8 Å². The zero-order valence-electron chi connectivity index (χ0n) is 10.6. The SMILES string of the molecule is CC1=C[N+]([O-])=C2C(=O)c3[nH]c(=O)cc(C)c3C=C2C1. The van der Waals surface area contributed by atoms with Gasteiger partial charge in [-0.25, -0.2) is 0 Å².